The summed E-state index contributed by atoms with van der Waals surface area (Å²) in [6, 6.07) is 23.3. The van der Waals surface area contributed by atoms with Gasteiger partial charge >= 0.3 is 0 Å². The molecule has 2 bridgehead atoms. The van der Waals surface area contributed by atoms with Crippen LogP contribution in [0.15, 0.2) is 90.0 Å². The maximum Gasteiger partial charge on any atom is 0.280 e. The van der Waals surface area contributed by atoms with Crippen LogP contribution in [0.5, 0.6) is 11.5 Å². The van der Waals surface area contributed by atoms with E-state index in [2.05, 4.69) is 20.3 Å². The SMILES string of the molecule is CCC(C)C(=O)Nc1nc2c(ncn2[C@@H]2O[C@@]3(COC(c4ccccc4)(c4ccc(OC)cc4)c4ccc(OC)cc4)CN(S(C)(=O)=O)[C@@H]2[C@@H]3O)c(=O)[nH]1. The number of carbonyl (C=O) groups excluding carboxylic acids is 1. The highest BCUT2D eigenvalue weighted by atomic mass is 32.2. The van der Waals surface area contributed by atoms with Crippen molar-refractivity contribution in [1.82, 2.24) is 23.8 Å². The molecule has 7 rings (SSSR count). The van der Waals surface area contributed by atoms with Crippen LogP contribution in [-0.4, -0.2) is 94.6 Å². The van der Waals surface area contributed by atoms with E-state index in [0.717, 1.165) is 22.9 Å². The normalized spacial score (nSPS) is 22.0. The van der Waals surface area contributed by atoms with Crippen LogP contribution in [0.2, 0.25) is 0 Å². The van der Waals surface area contributed by atoms with Gasteiger partial charge in [-0.05, 0) is 47.4 Å². The summed E-state index contributed by atoms with van der Waals surface area (Å²) in [6.45, 7) is 3.11. The van der Waals surface area contributed by atoms with E-state index in [4.69, 9.17) is 18.9 Å². The summed E-state index contributed by atoms with van der Waals surface area (Å²) in [5.41, 5.74) is -1.33. The molecule has 0 radical (unpaired) electrons. The van der Waals surface area contributed by atoms with Gasteiger partial charge in [-0.25, -0.2) is 13.4 Å². The van der Waals surface area contributed by atoms with Crippen molar-refractivity contribution in [1.29, 1.82) is 0 Å². The average molecular weight is 759 g/mol. The molecule has 16 heteroatoms. The quantitative estimate of drug-likeness (QED) is 0.150. The lowest BCUT2D eigenvalue weighted by Gasteiger charge is -2.41. The Morgan fingerprint density at radius 1 is 1.04 bits per heavy atom. The Labute approximate surface area is 311 Å². The summed E-state index contributed by atoms with van der Waals surface area (Å²) < 4.78 is 54.0. The smallest absolute Gasteiger partial charge is 0.280 e. The molecule has 3 N–H and O–H groups in total. The number of nitrogens with zero attached hydrogens (tertiary/aromatic N) is 4. The molecule has 2 aliphatic heterocycles. The van der Waals surface area contributed by atoms with Crippen molar-refractivity contribution in [3.05, 3.63) is 112 Å². The first-order valence-corrected chi connectivity index (χ1v) is 19.3. The minimum atomic E-state index is -3.92. The Hall–Kier alpha value is -5.13. The number of hydrogen-bond donors (Lipinski definition) is 3. The van der Waals surface area contributed by atoms with E-state index < -0.39 is 45.2 Å². The van der Waals surface area contributed by atoms with E-state index >= 15 is 0 Å². The first kappa shape index (κ1) is 37.2. The number of aromatic nitrogens is 4. The third-order valence-corrected chi connectivity index (χ3v) is 11.6. The number of methoxy groups -OCH3 is 2. The number of carbonyl (C=O) groups is 1. The number of H-pyrrole nitrogens is 1. The van der Waals surface area contributed by atoms with Crippen molar-refractivity contribution in [3.63, 3.8) is 0 Å². The number of aliphatic hydroxyl groups excluding tert-OH is 1. The highest BCUT2D eigenvalue weighted by molar-refractivity contribution is 7.88. The molecule has 0 saturated carbocycles. The molecule has 284 valence electrons. The summed E-state index contributed by atoms with van der Waals surface area (Å²) in [5, 5.41) is 14.7. The van der Waals surface area contributed by atoms with Crippen LogP contribution in [0.3, 0.4) is 0 Å². The van der Waals surface area contributed by atoms with Crippen LogP contribution in [-0.2, 0) is 29.9 Å². The van der Waals surface area contributed by atoms with Crippen molar-refractivity contribution in [2.24, 2.45) is 5.92 Å². The molecule has 5 aromatic rings. The number of aliphatic hydroxyl groups is 1. The molecule has 0 spiro atoms. The van der Waals surface area contributed by atoms with Crippen LogP contribution < -0.4 is 20.3 Å². The van der Waals surface area contributed by atoms with Gasteiger partial charge < -0.3 is 24.1 Å². The predicted octanol–water partition coefficient (Wildman–Crippen LogP) is 3.40. The van der Waals surface area contributed by atoms with Gasteiger partial charge in [0.05, 0.1) is 39.5 Å². The molecule has 2 aromatic heterocycles. The van der Waals surface area contributed by atoms with E-state index in [0.29, 0.717) is 17.9 Å². The molecular weight excluding hydrogens is 717 g/mol. The average Bonchev–Trinajstić information content (AvgIpc) is 3.82. The minimum Gasteiger partial charge on any atom is -0.497 e. The van der Waals surface area contributed by atoms with Gasteiger partial charge in [0, 0.05) is 12.5 Å². The second-order valence-electron chi connectivity index (χ2n) is 13.6. The largest absolute Gasteiger partial charge is 0.497 e. The van der Waals surface area contributed by atoms with Gasteiger partial charge in [-0.1, -0.05) is 68.4 Å². The van der Waals surface area contributed by atoms with Gasteiger partial charge in [0.2, 0.25) is 21.9 Å². The lowest BCUT2D eigenvalue weighted by molar-refractivity contribution is -0.169. The molecule has 54 heavy (non-hydrogen) atoms. The Kier molecular flexibility index (Phi) is 9.82. The van der Waals surface area contributed by atoms with Gasteiger partial charge in [0.15, 0.2) is 17.4 Å². The second-order valence-corrected chi connectivity index (χ2v) is 15.6. The fourth-order valence-corrected chi connectivity index (χ4v) is 8.39. The van der Waals surface area contributed by atoms with Gasteiger partial charge in [-0.3, -0.25) is 24.5 Å². The summed E-state index contributed by atoms with van der Waals surface area (Å²) in [5.74, 6) is 0.482. The molecule has 2 fully saturated rings. The first-order valence-electron chi connectivity index (χ1n) is 17.4. The number of sulfonamides is 1. The zero-order valence-corrected chi connectivity index (χ0v) is 31.2. The number of benzene rings is 3. The van der Waals surface area contributed by atoms with Gasteiger partial charge in [-0.2, -0.15) is 9.29 Å². The number of hydrogen-bond acceptors (Lipinski definition) is 11. The third kappa shape index (κ3) is 6.32. The minimum absolute atomic E-state index is 0.0302. The molecule has 0 aliphatic carbocycles. The van der Waals surface area contributed by atoms with Gasteiger partial charge in [0.1, 0.15) is 28.8 Å². The Balaban J connectivity index is 1.33. The van der Waals surface area contributed by atoms with Crippen molar-refractivity contribution in [2.75, 3.05) is 38.9 Å². The predicted molar refractivity (Wildman–Crippen MR) is 199 cm³/mol. The molecule has 3 aromatic carbocycles. The number of aromatic amines is 1. The Morgan fingerprint density at radius 3 is 2.19 bits per heavy atom. The topological polar surface area (TPSA) is 187 Å². The van der Waals surface area contributed by atoms with Crippen LogP contribution >= 0.6 is 0 Å². The standard InChI is InChI=1S/C38H42N6O9S/c1-6-23(2)33(46)41-36-40-32-29(34(47)42-36)39-22-43(32)35-30-31(45)37(53-35,20-44(30)54(5,48)49)21-52-38(24-10-8-7-9-11-24,25-12-16-27(50-3)17-13-25)26-14-18-28(51-4)19-15-26/h7-19,22-23,30-31,35,45H,6,20-21H2,1-5H3,(H2,40,41,42,46,47)/t23?,30-,31+,35-,37-/m1/s1. The molecular formula is C38H42N6O9S. The third-order valence-electron chi connectivity index (χ3n) is 10.4. The fourth-order valence-electron chi connectivity index (χ4n) is 7.27. The maximum absolute atomic E-state index is 13.3. The first-order chi connectivity index (χ1) is 25.8. The molecule has 1 unspecified atom stereocenters. The zero-order chi connectivity index (χ0) is 38.4. The summed E-state index contributed by atoms with van der Waals surface area (Å²) >= 11 is 0. The number of ether oxygens (including phenoxy) is 4. The number of nitrogens with one attached hydrogen (secondary N) is 2. The summed E-state index contributed by atoms with van der Waals surface area (Å²) in [7, 11) is -0.761. The number of amides is 1. The summed E-state index contributed by atoms with van der Waals surface area (Å²) in [6.07, 6.45) is 0.370. The van der Waals surface area contributed by atoms with Crippen molar-refractivity contribution < 1.29 is 37.3 Å². The van der Waals surface area contributed by atoms with Crippen molar-refractivity contribution >= 4 is 33.0 Å². The monoisotopic (exact) mass is 758 g/mol. The van der Waals surface area contributed by atoms with Gasteiger partial charge in [0.25, 0.3) is 5.56 Å². The van der Waals surface area contributed by atoms with E-state index in [1.54, 1.807) is 21.1 Å². The molecule has 2 aliphatic rings. The molecule has 15 nitrogen and oxygen atoms in total. The highest BCUT2D eigenvalue weighted by Crippen LogP contribution is 2.50. The number of fused-ring (bicyclic) bond motifs is 3. The maximum atomic E-state index is 13.3. The molecule has 5 atom stereocenters. The van der Waals surface area contributed by atoms with Gasteiger partial charge in [-0.15, -0.1) is 0 Å². The molecule has 1 amide bonds. The van der Waals surface area contributed by atoms with Crippen LogP contribution in [0.25, 0.3) is 11.2 Å². The van der Waals surface area contributed by atoms with E-state index in [1.165, 1.54) is 15.2 Å². The lowest BCUT2D eigenvalue weighted by atomic mass is 9.79. The summed E-state index contributed by atoms with van der Waals surface area (Å²) in [4.78, 5) is 37.1. The number of imidazole rings is 1. The Bertz CT molecular complexity index is 2270. The van der Waals surface area contributed by atoms with E-state index in [-0.39, 0.29) is 42.1 Å². The van der Waals surface area contributed by atoms with Crippen molar-refractivity contribution in [2.45, 2.75) is 49.8 Å². The van der Waals surface area contributed by atoms with Crippen LogP contribution in [0.1, 0.15) is 43.2 Å². The number of morpholine rings is 1. The zero-order valence-electron chi connectivity index (χ0n) is 30.4. The second kappa shape index (κ2) is 14.3. The Morgan fingerprint density at radius 2 is 1.63 bits per heavy atom. The molecule has 4 heterocycles. The van der Waals surface area contributed by atoms with Crippen LogP contribution in [0, 0.1) is 5.92 Å². The highest BCUT2D eigenvalue weighted by Gasteiger charge is 2.67. The molecule has 2 saturated heterocycles. The van der Waals surface area contributed by atoms with Crippen molar-refractivity contribution in [3.8, 4) is 11.5 Å². The van der Waals surface area contributed by atoms with Crippen LogP contribution in [0.4, 0.5) is 5.95 Å². The lowest BCUT2D eigenvalue weighted by Crippen LogP contribution is -2.51. The number of rotatable bonds is 13. The van der Waals surface area contributed by atoms with E-state index in [9.17, 15) is 23.1 Å². The fraction of sp³-hybridized carbons (Fsp3) is 0.368. The number of anilines is 1. The van der Waals surface area contributed by atoms with E-state index in [1.807, 2.05) is 85.8 Å².